The minimum Gasteiger partial charge on any atom is -0.366 e. The fourth-order valence-corrected chi connectivity index (χ4v) is 2.93. The van der Waals surface area contributed by atoms with Crippen molar-refractivity contribution in [1.29, 1.82) is 0 Å². The zero-order valence-corrected chi connectivity index (χ0v) is 11.1. The maximum atomic E-state index is 10.7. The lowest BCUT2D eigenvalue weighted by atomic mass is 10.1. The quantitative estimate of drug-likeness (QED) is 0.759. The molecule has 1 aromatic rings. The third kappa shape index (κ3) is 2.32. The van der Waals surface area contributed by atoms with Crippen LogP contribution in [-0.2, 0) is 0 Å². The topological polar surface area (TPSA) is 20.3 Å². The predicted molar refractivity (Wildman–Crippen MR) is 72.1 cm³/mol. The van der Waals surface area contributed by atoms with E-state index >= 15 is 0 Å². The van der Waals surface area contributed by atoms with E-state index in [0.717, 1.165) is 18.4 Å². The molecule has 3 heteroatoms. The molecule has 0 aliphatic carbocycles. The summed E-state index contributed by atoms with van der Waals surface area (Å²) in [5.41, 5.74) is 1.70. The Hall–Kier alpha value is -1.02. The number of aldehydes is 1. The number of anilines is 1. The van der Waals surface area contributed by atoms with Crippen LogP contribution in [0.1, 0.15) is 43.5 Å². The monoisotopic (exact) mass is 251 g/mol. The summed E-state index contributed by atoms with van der Waals surface area (Å²) in [7, 11) is 0. The Morgan fingerprint density at radius 3 is 2.82 bits per heavy atom. The second kappa shape index (κ2) is 5.09. The summed E-state index contributed by atoms with van der Waals surface area (Å²) in [6.45, 7) is 4.47. The minimum absolute atomic E-state index is 0.548. The second-order valence-electron chi connectivity index (χ2n) is 4.72. The summed E-state index contributed by atoms with van der Waals surface area (Å²) >= 11 is 6.09. The smallest absolute Gasteiger partial charge is 0.151 e. The van der Waals surface area contributed by atoms with Gasteiger partial charge in [0.2, 0.25) is 0 Å². The summed E-state index contributed by atoms with van der Waals surface area (Å²) in [5, 5.41) is 0.548. The van der Waals surface area contributed by atoms with Crippen molar-refractivity contribution < 1.29 is 4.79 Å². The van der Waals surface area contributed by atoms with Crippen molar-refractivity contribution in [3.05, 3.63) is 28.8 Å². The molecule has 1 heterocycles. The molecule has 0 amide bonds. The molecule has 2 unspecified atom stereocenters. The van der Waals surface area contributed by atoms with Crippen molar-refractivity contribution in [2.24, 2.45) is 0 Å². The van der Waals surface area contributed by atoms with Crippen molar-refractivity contribution in [2.45, 2.75) is 45.2 Å². The maximum Gasteiger partial charge on any atom is 0.151 e. The van der Waals surface area contributed by atoms with E-state index in [0.29, 0.717) is 22.7 Å². The van der Waals surface area contributed by atoms with Crippen LogP contribution in [0.15, 0.2) is 18.2 Å². The molecule has 0 bridgehead atoms. The zero-order chi connectivity index (χ0) is 12.4. The summed E-state index contributed by atoms with van der Waals surface area (Å²) in [4.78, 5) is 13.2. The molecule has 1 aromatic carbocycles. The molecule has 0 radical (unpaired) electrons. The third-order valence-electron chi connectivity index (χ3n) is 3.67. The van der Waals surface area contributed by atoms with Gasteiger partial charge in [0.05, 0.1) is 5.02 Å². The van der Waals surface area contributed by atoms with E-state index in [2.05, 4.69) is 18.7 Å². The van der Waals surface area contributed by atoms with E-state index in [1.54, 1.807) is 0 Å². The summed E-state index contributed by atoms with van der Waals surface area (Å²) < 4.78 is 0. The summed E-state index contributed by atoms with van der Waals surface area (Å²) in [6, 6.07) is 6.87. The average molecular weight is 252 g/mol. The lowest BCUT2D eigenvalue weighted by Crippen LogP contribution is -2.34. The van der Waals surface area contributed by atoms with Crippen LogP contribution in [0.3, 0.4) is 0 Å². The third-order valence-corrected chi connectivity index (χ3v) is 3.99. The van der Waals surface area contributed by atoms with Gasteiger partial charge in [-0.3, -0.25) is 4.79 Å². The molecule has 0 saturated carbocycles. The van der Waals surface area contributed by atoms with Gasteiger partial charge in [-0.05, 0) is 44.4 Å². The van der Waals surface area contributed by atoms with Crippen LogP contribution in [0.5, 0.6) is 0 Å². The first-order valence-corrected chi connectivity index (χ1v) is 6.58. The number of halogens is 1. The molecule has 2 atom stereocenters. The van der Waals surface area contributed by atoms with Crippen LogP contribution in [0.25, 0.3) is 0 Å². The Morgan fingerprint density at radius 2 is 2.24 bits per heavy atom. The summed E-state index contributed by atoms with van der Waals surface area (Å²) in [5.74, 6) is 0. The van der Waals surface area contributed by atoms with Crippen molar-refractivity contribution in [2.75, 3.05) is 4.90 Å². The Bertz CT molecular complexity index is 419. The van der Waals surface area contributed by atoms with Crippen LogP contribution in [0.2, 0.25) is 5.02 Å². The molecule has 1 saturated heterocycles. The largest absolute Gasteiger partial charge is 0.366 e. The first-order chi connectivity index (χ1) is 8.17. The molecule has 92 valence electrons. The number of nitrogens with zero attached hydrogens (tertiary/aromatic N) is 1. The minimum atomic E-state index is 0.548. The first kappa shape index (κ1) is 12.4. The molecule has 2 rings (SSSR count). The van der Waals surface area contributed by atoms with Gasteiger partial charge < -0.3 is 4.90 Å². The van der Waals surface area contributed by atoms with Gasteiger partial charge in [0, 0.05) is 23.3 Å². The molecule has 1 aliphatic heterocycles. The molecular formula is C14H18ClNO. The number of rotatable bonds is 3. The van der Waals surface area contributed by atoms with Crippen LogP contribution >= 0.6 is 11.6 Å². The van der Waals surface area contributed by atoms with Gasteiger partial charge >= 0.3 is 0 Å². The van der Waals surface area contributed by atoms with E-state index in [-0.39, 0.29) is 0 Å². The maximum absolute atomic E-state index is 10.7. The lowest BCUT2D eigenvalue weighted by molar-refractivity contribution is 0.112. The molecule has 0 N–H and O–H groups in total. The van der Waals surface area contributed by atoms with Gasteiger partial charge in [-0.2, -0.15) is 0 Å². The van der Waals surface area contributed by atoms with Crippen molar-refractivity contribution in [3.63, 3.8) is 0 Å². The molecule has 0 spiro atoms. The van der Waals surface area contributed by atoms with E-state index < -0.39 is 0 Å². The highest BCUT2D eigenvalue weighted by molar-refractivity contribution is 6.33. The van der Waals surface area contributed by atoms with E-state index in [1.165, 1.54) is 12.8 Å². The number of hydrogen-bond donors (Lipinski definition) is 0. The molecule has 1 aliphatic rings. The van der Waals surface area contributed by atoms with Gasteiger partial charge in [0.15, 0.2) is 6.29 Å². The van der Waals surface area contributed by atoms with Gasteiger partial charge in [-0.25, -0.2) is 0 Å². The molecular weight excluding hydrogens is 234 g/mol. The van der Waals surface area contributed by atoms with Crippen LogP contribution in [0.4, 0.5) is 5.69 Å². The van der Waals surface area contributed by atoms with Crippen LogP contribution in [-0.4, -0.2) is 18.4 Å². The Balaban J connectivity index is 2.32. The lowest BCUT2D eigenvalue weighted by Gasteiger charge is -2.30. The predicted octanol–water partition coefficient (Wildman–Crippen LogP) is 3.92. The highest BCUT2D eigenvalue weighted by Gasteiger charge is 2.29. The highest BCUT2D eigenvalue weighted by atomic mass is 35.5. The SMILES string of the molecule is CCC1CCC(C)N1c1ccc(C=O)c(Cl)c1. The molecule has 17 heavy (non-hydrogen) atoms. The van der Waals surface area contributed by atoms with E-state index in [4.69, 9.17) is 11.6 Å². The van der Waals surface area contributed by atoms with E-state index in [1.807, 2.05) is 18.2 Å². The van der Waals surface area contributed by atoms with Gasteiger partial charge in [-0.1, -0.05) is 18.5 Å². The van der Waals surface area contributed by atoms with Gasteiger partial charge in [-0.15, -0.1) is 0 Å². The van der Waals surface area contributed by atoms with Crippen LogP contribution in [0, 0.1) is 0 Å². The molecule has 2 nitrogen and oxygen atoms in total. The number of carbonyl (C=O) groups is 1. The fraction of sp³-hybridized carbons (Fsp3) is 0.500. The normalized spacial score (nSPS) is 24.1. The average Bonchev–Trinajstić information content (AvgIpc) is 2.70. The molecule has 0 aromatic heterocycles. The summed E-state index contributed by atoms with van der Waals surface area (Å²) in [6.07, 6.45) is 4.42. The zero-order valence-electron chi connectivity index (χ0n) is 10.3. The Morgan fingerprint density at radius 1 is 1.47 bits per heavy atom. The van der Waals surface area contributed by atoms with Crippen molar-refractivity contribution in [3.8, 4) is 0 Å². The standard InChI is InChI=1S/C14H18ClNO/c1-3-12-6-4-10(2)16(12)13-7-5-11(9-17)14(15)8-13/h5,7-10,12H,3-4,6H2,1-2H3. The molecule has 1 fully saturated rings. The fourth-order valence-electron chi connectivity index (χ4n) is 2.71. The number of benzene rings is 1. The van der Waals surface area contributed by atoms with Crippen molar-refractivity contribution >= 4 is 23.6 Å². The van der Waals surface area contributed by atoms with Gasteiger partial charge in [0.25, 0.3) is 0 Å². The first-order valence-electron chi connectivity index (χ1n) is 6.20. The van der Waals surface area contributed by atoms with Gasteiger partial charge in [0.1, 0.15) is 0 Å². The van der Waals surface area contributed by atoms with Crippen molar-refractivity contribution in [1.82, 2.24) is 0 Å². The second-order valence-corrected chi connectivity index (χ2v) is 5.13. The van der Waals surface area contributed by atoms with Crippen LogP contribution < -0.4 is 4.90 Å². The Labute approximate surface area is 108 Å². The number of carbonyl (C=O) groups excluding carboxylic acids is 1. The highest BCUT2D eigenvalue weighted by Crippen LogP contribution is 2.33. The van der Waals surface area contributed by atoms with E-state index in [9.17, 15) is 4.79 Å². The Kier molecular flexibility index (Phi) is 3.72. The number of hydrogen-bond acceptors (Lipinski definition) is 2.